The van der Waals surface area contributed by atoms with Gasteiger partial charge in [-0.2, -0.15) is 0 Å². The van der Waals surface area contributed by atoms with Gasteiger partial charge >= 0.3 is 0 Å². The largest absolute Gasteiger partial charge is 0.370 e. The van der Waals surface area contributed by atoms with Crippen LogP contribution in [0, 0.1) is 0 Å². The van der Waals surface area contributed by atoms with Crippen molar-refractivity contribution in [3.05, 3.63) is 65.2 Å². The van der Waals surface area contributed by atoms with Crippen molar-refractivity contribution in [2.75, 3.05) is 18.9 Å². The molecule has 1 atom stereocenters. The minimum atomic E-state index is 0.320. The predicted octanol–water partition coefficient (Wildman–Crippen LogP) is 3.42. The Labute approximate surface area is 150 Å². The zero-order valence-electron chi connectivity index (χ0n) is 15.2. The van der Waals surface area contributed by atoms with E-state index in [1.54, 1.807) is 0 Å². The molecule has 0 saturated carbocycles. The van der Waals surface area contributed by atoms with Gasteiger partial charge in [-0.3, -0.25) is 9.89 Å². The van der Waals surface area contributed by atoms with E-state index in [1.165, 1.54) is 36.0 Å². The van der Waals surface area contributed by atoms with Crippen molar-refractivity contribution >= 4 is 11.6 Å². The van der Waals surface area contributed by atoms with Crippen LogP contribution in [0.15, 0.2) is 53.5 Å². The number of likely N-dealkylation sites (N-methyl/N-ethyl adjacent to an activating group) is 1. The maximum atomic E-state index is 6.07. The lowest BCUT2D eigenvalue weighted by molar-refractivity contribution is 0.255. The van der Waals surface area contributed by atoms with Crippen LogP contribution in [0.5, 0.6) is 0 Å². The first kappa shape index (κ1) is 17.5. The highest BCUT2D eigenvalue weighted by atomic mass is 15.2. The number of nitrogens with one attached hydrogen (secondary N) is 1. The van der Waals surface area contributed by atoms with E-state index in [2.05, 4.69) is 71.6 Å². The fraction of sp³-hybridized carbons (Fsp3) is 0.381. The molecular formula is C21H28N4. The highest BCUT2D eigenvalue weighted by Gasteiger charge is 2.12. The van der Waals surface area contributed by atoms with Crippen LogP contribution in [0.1, 0.15) is 30.0 Å². The molecule has 3 N–H and O–H groups in total. The Balaban J connectivity index is 1.52. The maximum absolute atomic E-state index is 6.07. The highest BCUT2D eigenvalue weighted by Crippen LogP contribution is 2.24. The van der Waals surface area contributed by atoms with E-state index < -0.39 is 0 Å². The van der Waals surface area contributed by atoms with Crippen LogP contribution in [0.3, 0.4) is 0 Å². The second-order valence-corrected chi connectivity index (χ2v) is 6.94. The van der Waals surface area contributed by atoms with Gasteiger partial charge in [-0.1, -0.05) is 36.4 Å². The summed E-state index contributed by atoms with van der Waals surface area (Å²) in [7, 11) is 2.12. The second-order valence-electron chi connectivity index (χ2n) is 6.94. The number of rotatable bonds is 6. The number of benzene rings is 2. The van der Waals surface area contributed by atoms with Crippen LogP contribution < -0.4 is 11.1 Å². The van der Waals surface area contributed by atoms with Crippen LogP contribution in [0.2, 0.25) is 0 Å². The van der Waals surface area contributed by atoms with E-state index in [9.17, 15) is 0 Å². The number of hydrogen-bond donors (Lipinski definition) is 2. The standard InChI is InChI=1S/C21H28N4/c1-16(25(2)15-17-7-4-3-5-8-17)14-23-21(22)24-20-12-11-18-9-6-10-19(18)13-20/h3-5,7-8,11-13,16H,6,9-10,14-15H2,1-2H3,(H3,22,23,24). The van der Waals surface area contributed by atoms with E-state index in [4.69, 9.17) is 5.73 Å². The van der Waals surface area contributed by atoms with E-state index in [0.717, 1.165) is 12.2 Å². The molecule has 0 heterocycles. The molecule has 25 heavy (non-hydrogen) atoms. The topological polar surface area (TPSA) is 53.6 Å². The molecule has 0 aromatic heterocycles. The lowest BCUT2D eigenvalue weighted by Gasteiger charge is -2.23. The number of hydrogen-bond acceptors (Lipinski definition) is 2. The normalized spacial score (nSPS) is 15.2. The Morgan fingerprint density at radius 2 is 1.92 bits per heavy atom. The van der Waals surface area contributed by atoms with Gasteiger partial charge in [0.25, 0.3) is 0 Å². The summed E-state index contributed by atoms with van der Waals surface area (Å²) < 4.78 is 0. The average molecular weight is 336 g/mol. The highest BCUT2D eigenvalue weighted by molar-refractivity contribution is 5.92. The van der Waals surface area contributed by atoms with Gasteiger partial charge in [-0.15, -0.1) is 0 Å². The van der Waals surface area contributed by atoms with Crippen LogP contribution >= 0.6 is 0 Å². The van der Waals surface area contributed by atoms with Crippen molar-refractivity contribution in [1.82, 2.24) is 4.90 Å². The lowest BCUT2D eigenvalue weighted by Crippen LogP contribution is -2.32. The van der Waals surface area contributed by atoms with Gasteiger partial charge in [0, 0.05) is 18.3 Å². The fourth-order valence-electron chi connectivity index (χ4n) is 3.23. The summed E-state index contributed by atoms with van der Waals surface area (Å²) in [6, 6.07) is 17.3. The maximum Gasteiger partial charge on any atom is 0.193 e. The van der Waals surface area contributed by atoms with Crippen molar-refractivity contribution in [3.63, 3.8) is 0 Å². The first-order valence-corrected chi connectivity index (χ1v) is 9.05. The first-order valence-electron chi connectivity index (χ1n) is 9.05. The van der Waals surface area contributed by atoms with Crippen molar-refractivity contribution < 1.29 is 0 Å². The molecule has 2 aromatic carbocycles. The van der Waals surface area contributed by atoms with Crippen LogP contribution in [0.4, 0.5) is 5.69 Å². The van der Waals surface area contributed by atoms with Gasteiger partial charge in [0.1, 0.15) is 0 Å². The van der Waals surface area contributed by atoms with Crippen LogP contribution in [0.25, 0.3) is 0 Å². The lowest BCUT2D eigenvalue weighted by atomic mass is 10.1. The number of fused-ring (bicyclic) bond motifs is 1. The van der Waals surface area contributed by atoms with E-state index in [0.29, 0.717) is 18.5 Å². The molecule has 4 heteroatoms. The molecule has 0 amide bonds. The van der Waals surface area contributed by atoms with Gasteiger partial charge in [0.05, 0.1) is 6.54 Å². The Morgan fingerprint density at radius 1 is 1.16 bits per heavy atom. The zero-order chi connectivity index (χ0) is 17.6. The number of nitrogens with zero attached hydrogens (tertiary/aromatic N) is 2. The SMILES string of the molecule is CC(CN=C(N)Nc1ccc2c(c1)CCC2)N(C)Cc1ccccc1. The number of aliphatic imine (C=N–C) groups is 1. The molecule has 0 aliphatic heterocycles. The summed E-state index contributed by atoms with van der Waals surface area (Å²) in [5, 5.41) is 3.22. The molecule has 0 saturated heterocycles. The second kappa shape index (κ2) is 8.17. The number of aryl methyl sites for hydroxylation is 2. The van der Waals surface area contributed by atoms with Gasteiger partial charge in [-0.25, -0.2) is 0 Å². The molecule has 0 bridgehead atoms. The number of guanidine groups is 1. The molecule has 1 unspecified atom stereocenters. The first-order chi connectivity index (χ1) is 12.1. The molecule has 0 spiro atoms. The summed E-state index contributed by atoms with van der Waals surface area (Å²) in [5.74, 6) is 0.484. The third-order valence-electron chi connectivity index (χ3n) is 4.92. The Hall–Kier alpha value is -2.33. The Kier molecular flexibility index (Phi) is 5.71. The molecule has 3 rings (SSSR count). The van der Waals surface area contributed by atoms with E-state index in [1.807, 2.05) is 6.07 Å². The quantitative estimate of drug-likeness (QED) is 0.628. The van der Waals surface area contributed by atoms with Gasteiger partial charge in [0.15, 0.2) is 5.96 Å². The molecule has 0 radical (unpaired) electrons. The van der Waals surface area contributed by atoms with Gasteiger partial charge in [-0.05, 0) is 62.1 Å². The van der Waals surface area contributed by atoms with E-state index in [-0.39, 0.29) is 0 Å². The smallest absolute Gasteiger partial charge is 0.193 e. The number of anilines is 1. The molecule has 2 aromatic rings. The van der Waals surface area contributed by atoms with E-state index >= 15 is 0 Å². The molecule has 4 nitrogen and oxygen atoms in total. The van der Waals surface area contributed by atoms with Crippen molar-refractivity contribution in [1.29, 1.82) is 0 Å². The van der Waals surface area contributed by atoms with Gasteiger partial charge in [0.2, 0.25) is 0 Å². The van der Waals surface area contributed by atoms with Crippen LogP contribution in [-0.2, 0) is 19.4 Å². The fourth-order valence-corrected chi connectivity index (χ4v) is 3.23. The average Bonchev–Trinajstić information content (AvgIpc) is 3.08. The summed E-state index contributed by atoms with van der Waals surface area (Å²) in [4.78, 5) is 6.81. The van der Waals surface area contributed by atoms with Crippen molar-refractivity contribution in [2.45, 2.75) is 38.8 Å². The molecule has 1 aliphatic carbocycles. The summed E-state index contributed by atoms with van der Waals surface area (Å²) in [6.07, 6.45) is 3.63. The Morgan fingerprint density at radius 3 is 2.72 bits per heavy atom. The molecule has 1 aliphatic rings. The summed E-state index contributed by atoms with van der Waals surface area (Å²) >= 11 is 0. The monoisotopic (exact) mass is 336 g/mol. The van der Waals surface area contributed by atoms with Gasteiger partial charge < -0.3 is 11.1 Å². The van der Waals surface area contributed by atoms with Crippen LogP contribution in [-0.4, -0.2) is 30.5 Å². The minimum absolute atomic E-state index is 0.320. The molecule has 132 valence electrons. The summed E-state index contributed by atoms with van der Waals surface area (Å²) in [5.41, 5.74) is 11.3. The predicted molar refractivity (Wildman–Crippen MR) is 106 cm³/mol. The molecular weight excluding hydrogens is 308 g/mol. The molecule has 0 fully saturated rings. The Bertz CT molecular complexity index is 724. The summed E-state index contributed by atoms with van der Waals surface area (Å²) in [6.45, 7) is 3.76. The third-order valence-corrected chi connectivity index (χ3v) is 4.92. The zero-order valence-corrected chi connectivity index (χ0v) is 15.2. The number of nitrogens with two attached hydrogens (primary N) is 1. The van der Waals surface area contributed by atoms with Crippen molar-refractivity contribution in [3.8, 4) is 0 Å². The minimum Gasteiger partial charge on any atom is -0.370 e. The van der Waals surface area contributed by atoms with Crippen molar-refractivity contribution in [2.24, 2.45) is 10.7 Å². The third kappa shape index (κ3) is 4.83.